The van der Waals surface area contributed by atoms with Gasteiger partial charge in [0.25, 0.3) is 0 Å². The number of nitrogen functional groups attached to an aromatic ring is 1. The van der Waals surface area contributed by atoms with Gasteiger partial charge in [0.05, 0.1) is 10.6 Å². The topological polar surface area (TPSA) is 119 Å². The summed E-state index contributed by atoms with van der Waals surface area (Å²) in [5, 5.41) is 16.5. The largest absolute Gasteiger partial charge is 0.378 e. The molecule has 1 heterocycles. The Hall–Kier alpha value is -3.82. The maximum atomic E-state index is 13.8. The lowest BCUT2D eigenvalue weighted by Crippen LogP contribution is -2.09. The first kappa shape index (κ1) is 17.0. The molecule has 3 rings (SSSR count). The summed E-state index contributed by atoms with van der Waals surface area (Å²) in [4.78, 5) is 18.3. The van der Waals surface area contributed by atoms with Crippen molar-refractivity contribution in [1.82, 2.24) is 9.97 Å². The van der Waals surface area contributed by atoms with Gasteiger partial charge >= 0.3 is 5.69 Å². The molecule has 132 valence electrons. The first-order valence-corrected chi connectivity index (χ1v) is 7.30. The summed E-state index contributed by atoms with van der Waals surface area (Å²) < 4.78 is 27.1. The molecule has 0 aliphatic heterocycles. The number of benzene rings is 2. The second-order valence-corrected chi connectivity index (χ2v) is 5.13. The molecule has 0 atom stereocenters. The molecule has 0 radical (unpaired) electrons. The number of para-hydroxylation sites is 1. The van der Waals surface area contributed by atoms with E-state index < -0.39 is 28.1 Å². The molecule has 10 heteroatoms. The van der Waals surface area contributed by atoms with Crippen molar-refractivity contribution in [3.8, 4) is 0 Å². The third kappa shape index (κ3) is 3.64. The zero-order valence-corrected chi connectivity index (χ0v) is 13.1. The summed E-state index contributed by atoms with van der Waals surface area (Å²) in [5.74, 6) is -1.96. The van der Waals surface area contributed by atoms with E-state index in [4.69, 9.17) is 5.73 Å². The Bertz CT molecular complexity index is 983. The summed E-state index contributed by atoms with van der Waals surface area (Å²) >= 11 is 0. The van der Waals surface area contributed by atoms with E-state index in [1.54, 1.807) is 12.1 Å². The highest BCUT2D eigenvalue weighted by atomic mass is 19.1. The normalized spacial score (nSPS) is 10.4. The van der Waals surface area contributed by atoms with E-state index in [9.17, 15) is 18.9 Å². The van der Waals surface area contributed by atoms with Gasteiger partial charge in [0, 0.05) is 5.69 Å². The Balaban J connectivity index is 2.02. The number of nitro groups is 1. The van der Waals surface area contributed by atoms with Crippen LogP contribution in [0.2, 0.25) is 0 Å². The van der Waals surface area contributed by atoms with Crippen LogP contribution in [-0.2, 0) is 0 Å². The van der Waals surface area contributed by atoms with Crippen molar-refractivity contribution < 1.29 is 13.7 Å². The van der Waals surface area contributed by atoms with E-state index >= 15 is 0 Å². The number of hydrogen-bond acceptors (Lipinski definition) is 7. The zero-order valence-electron chi connectivity index (χ0n) is 13.1. The monoisotopic (exact) mass is 358 g/mol. The Kier molecular flexibility index (Phi) is 4.56. The predicted molar refractivity (Wildman–Crippen MR) is 92.5 cm³/mol. The molecule has 0 amide bonds. The minimum absolute atomic E-state index is 0.0228. The van der Waals surface area contributed by atoms with Crippen LogP contribution < -0.4 is 16.4 Å². The van der Waals surface area contributed by atoms with Gasteiger partial charge in [-0.25, -0.2) is 8.78 Å². The number of anilines is 5. The number of hydrogen-bond donors (Lipinski definition) is 3. The van der Waals surface area contributed by atoms with Crippen molar-refractivity contribution in [2.24, 2.45) is 0 Å². The molecule has 1 aromatic heterocycles. The van der Waals surface area contributed by atoms with Gasteiger partial charge in [0.2, 0.25) is 17.6 Å². The molecule has 4 N–H and O–H groups in total. The fraction of sp³-hybridized carbons (Fsp3) is 0. The standard InChI is InChI=1S/C16H12F2N6O2/c17-9-4-3-5-10(8-9)20-16-22-14(19)13(24(25)26)15(23-16)21-12-7-2-1-6-11(12)18/h1-8H,(H4,19,20,21,22,23). The molecular formula is C16H12F2N6O2. The highest BCUT2D eigenvalue weighted by Crippen LogP contribution is 2.32. The summed E-state index contributed by atoms with van der Waals surface area (Å²) in [7, 11) is 0. The van der Waals surface area contributed by atoms with Crippen molar-refractivity contribution >= 4 is 34.6 Å². The lowest BCUT2D eigenvalue weighted by molar-refractivity contribution is -0.383. The quantitative estimate of drug-likeness (QED) is 0.469. The van der Waals surface area contributed by atoms with Crippen LogP contribution in [0.25, 0.3) is 0 Å². The lowest BCUT2D eigenvalue weighted by atomic mass is 10.3. The van der Waals surface area contributed by atoms with Gasteiger partial charge < -0.3 is 16.4 Å². The summed E-state index contributed by atoms with van der Waals surface area (Å²) in [6.45, 7) is 0. The van der Waals surface area contributed by atoms with Crippen molar-refractivity contribution in [3.05, 3.63) is 70.3 Å². The number of aromatic nitrogens is 2. The fourth-order valence-electron chi connectivity index (χ4n) is 2.18. The molecule has 0 saturated heterocycles. The van der Waals surface area contributed by atoms with Gasteiger partial charge in [0.15, 0.2) is 0 Å². The van der Waals surface area contributed by atoms with Gasteiger partial charge in [-0.15, -0.1) is 0 Å². The highest BCUT2D eigenvalue weighted by Gasteiger charge is 2.24. The number of nitrogens with two attached hydrogens (primary N) is 1. The van der Waals surface area contributed by atoms with Crippen LogP contribution in [0.1, 0.15) is 0 Å². The molecule has 0 aliphatic rings. The third-order valence-electron chi connectivity index (χ3n) is 3.30. The van der Waals surface area contributed by atoms with Gasteiger partial charge in [-0.3, -0.25) is 10.1 Å². The van der Waals surface area contributed by atoms with Gasteiger partial charge in [0.1, 0.15) is 11.6 Å². The smallest absolute Gasteiger partial charge is 0.353 e. The number of nitrogens with zero attached hydrogens (tertiary/aromatic N) is 3. The molecular weight excluding hydrogens is 346 g/mol. The molecule has 0 saturated carbocycles. The van der Waals surface area contributed by atoms with Gasteiger partial charge in [-0.2, -0.15) is 9.97 Å². The van der Waals surface area contributed by atoms with Crippen molar-refractivity contribution in [3.63, 3.8) is 0 Å². The molecule has 0 spiro atoms. The van der Waals surface area contributed by atoms with Crippen molar-refractivity contribution in [1.29, 1.82) is 0 Å². The second kappa shape index (κ2) is 6.97. The molecule has 0 aliphatic carbocycles. The maximum Gasteiger partial charge on any atom is 0.353 e. The minimum Gasteiger partial charge on any atom is -0.378 e. The average molecular weight is 358 g/mol. The van der Waals surface area contributed by atoms with Crippen LogP contribution in [0.3, 0.4) is 0 Å². The van der Waals surface area contributed by atoms with E-state index in [1.807, 2.05) is 0 Å². The molecule has 0 fully saturated rings. The van der Waals surface area contributed by atoms with Crippen LogP contribution >= 0.6 is 0 Å². The van der Waals surface area contributed by atoms with E-state index in [0.29, 0.717) is 5.69 Å². The minimum atomic E-state index is -0.773. The first-order valence-electron chi connectivity index (χ1n) is 7.30. The highest BCUT2D eigenvalue weighted by molar-refractivity contribution is 5.75. The maximum absolute atomic E-state index is 13.8. The zero-order chi connectivity index (χ0) is 18.7. The van der Waals surface area contributed by atoms with E-state index in [-0.39, 0.29) is 17.5 Å². The molecule has 8 nitrogen and oxygen atoms in total. The fourth-order valence-corrected chi connectivity index (χ4v) is 2.18. The van der Waals surface area contributed by atoms with E-state index in [2.05, 4.69) is 20.6 Å². The Morgan fingerprint density at radius 1 is 1.04 bits per heavy atom. The summed E-state index contributed by atoms with van der Waals surface area (Å²) in [5.41, 5.74) is 5.35. The second-order valence-electron chi connectivity index (χ2n) is 5.13. The Labute approximate surface area is 145 Å². The molecule has 2 aromatic carbocycles. The van der Waals surface area contributed by atoms with Gasteiger partial charge in [-0.05, 0) is 30.3 Å². The van der Waals surface area contributed by atoms with Crippen LogP contribution in [0.15, 0.2) is 48.5 Å². The van der Waals surface area contributed by atoms with Crippen molar-refractivity contribution in [2.75, 3.05) is 16.4 Å². The predicted octanol–water partition coefficient (Wildman–Crippen LogP) is 3.73. The molecule has 0 bridgehead atoms. The van der Waals surface area contributed by atoms with Crippen molar-refractivity contribution in [2.45, 2.75) is 0 Å². The molecule has 26 heavy (non-hydrogen) atoms. The first-order chi connectivity index (χ1) is 12.4. The summed E-state index contributed by atoms with van der Waals surface area (Å²) in [6, 6.07) is 11.0. The van der Waals surface area contributed by atoms with Gasteiger partial charge in [-0.1, -0.05) is 18.2 Å². The molecule has 3 aromatic rings. The van der Waals surface area contributed by atoms with Crippen LogP contribution in [0.5, 0.6) is 0 Å². The SMILES string of the molecule is Nc1nc(Nc2cccc(F)c2)nc(Nc2ccccc2F)c1[N+](=O)[O-]. The van der Waals surface area contributed by atoms with E-state index in [0.717, 1.165) is 0 Å². The van der Waals surface area contributed by atoms with E-state index in [1.165, 1.54) is 36.4 Å². The molecule has 0 unspecified atom stereocenters. The Morgan fingerprint density at radius 3 is 2.50 bits per heavy atom. The average Bonchev–Trinajstić information content (AvgIpc) is 2.56. The third-order valence-corrected chi connectivity index (χ3v) is 3.30. The lowest BCUT2D eigenvalue weighted by Gasteiger charge is -2.11. The number of rotatable bonds is 5. The number of nitrogens with one attached hydrogen (secondary N) is 2. The van der Waals surface area contributed by atoms with Crippen LogP contribution in [0.4, 0.5) is 43.4 Å². The number of halogens is 2. The van der Waals surface area contributed by atoms with Crippen LogP contribution in [-0.4, -0.2) is 14.9 Å². The Morgan fingerprint density at radius 2 is 1.81 bits per heavy atom. The summed E-state index contributed by atoms with van der Waals surface area (Å²) in [6.07, 6.45) is 0. The van der Waals surface area contributed by atoms with Crippen LogP contribution in [0, 0.1) is 21.7 Å².